The molecule has 4 heteroatoms. The van der Waals surface area contributed by atoms with Gasteiger partial charge in [0.1, 0.15) is 16.3 Å². The Morgan fingerprint density at radius 1 is 1.44 bits per heavy atom. The van der Waals surface area contributed by atoms with Crippen LogP contribution in [0.15, 0.2) is 5.38 Å². The van der Waals surface area contributed by atoms with Gasteiger partial charge in [0.05, 0.1) is 0 Å². The fourth-order valence-corrected chi connectivity index (χ4v) is 2.89. The van der Waals surface area contributed by atoms with Crippen LogP contribution in [0.2, 0.25) is 0 Å². The highest BCUT2D eigenvalue weighted by Crippen LogP contribution is 2.35. The lowest BCUT2D eigenvalue weighted by atomic mass is 9.98. The summed E-state index contributed by atoms with van der Waals surface area (Å²) in [5.41, 5.74) is 0.235. The minimum absolute atomic E-state index is 0.0140. The van der Waals surface area contributed by atoms with E-state index in [1.807, 2.05) is 12.3 Å². The Balaban J connectivity index is 3.05. The Hall–Kier alpha value is -0.740. The van der Waals surface area contributed by atoms with Crippen LogP contribution < -0.4 is 0 Å². The van der Waals surface area contributed by atoms with E-state index in [0.717, 1.165) is 17.8 Å². The van der Waals surface area contributed by atoms with Crippen LogP contribution in [0.5, 0.6) is 0 Å². The molecule has 0 aliphatic carbocycles. The number of Topliss-reactive ketones (excluding diaryl/α,β-unsaturated/α-hetero) is 1. The van der Waals surface area contributed by atoms with Crippen molar-refractivity contribution >= 4 is 17.1 Å². The van der Waals surface area contributed by atoms with Crippen LogP contribution in [-0.2, 0) is 10.3 Å². The predicted octanol–water partition coefficient (Wildman–Crippen LogP) is 3.40. The van der Waals surface area contributed by atoms with Gasteiger partial charge in [-0.3, -0.25) is 4.79 Å². The molecule has 16 heavy (non-hydrogen) atoms. The van der Waals surface area contributed by atoms with Gasteiger partial charge in [0.15, 0.2) is 5.78 Å². The van der Waals surface area contributed by atoms with Crippen molar-refractivity contribution in [3.8, 4) is 0 Å². The Labute approximate surface area is 101 Å². The SMILES string of the molecule is CCOC(CC)(CC)c1nc(C(C)=O)cs1. The summed E-state index contributed by atoms with van der Waals surface area (Å²) in [6, 6.07) is 0. The van der Waals surface area contributed by atoms with Crippen molar-refractivity contribution in [2.45, 2.75) is 46.1 Å². The molecule has 0 saturated heterocycles. The van der Waals surface area contributed by atoms with Crippen LogP contribution in [0.25, 0.3) is 0 Å². The molecule has 1 heterocycles. The quantitative estimate of drug-likeness (QED) is 0.717. The third-order valence-electron chi connectivity index (χ3n) is 2.82. The summed E-state index contributed by atoms with van der Waals surface area (Å²) < 4.78 is 5.84. The molecule has 3 nitrogen and oxygen atoms in total. The fourth-order valence-electron chi connectivity index (χ4n) is 1.74. The first-order chi connectivity index (χ1) is 7.59. The van der Waals surface area contributed by atoms with Crippen LogP contribution in [0, 0.1) is 0 Å². The Morgan fingerprint density at radius 2 is 2.06 bits per heavy atom. The minimum atomic E-state index is -0.312. The van der Waals surface area contributed by atoms with Gasteiger partial charge < -0.3 is 4.74 Å². The molecule has 0 aromatic carbocycles. The summed E-state index contributed by atoms with van der Waals surface area (Å²) in [5.74, 6) is 0.0140. The lowest BCUT2D eigenvalue weighted by Gasteiger charge is -2.29. The van der Waals surface area contributed by atoms with Crippen molar-refractivity contribution < 1.29 is 9.53 Å². The molecule has 0 N–H and O–H groups in total. The summed E-state index contributed by atoms with van der Waals surface area (Å²) >= 11 is 1.52. The fraction of sp³-hybridized carbons (Fsp3) is 0.667. The van der Waals surface area contributed by atoms with E-state index in [0.29, 0.717) is 12.3 Å². The molecule has 0 bridgehead atoms. The number of carbonyl (C=O) groups is 1. The van der Waals surface area contributed by atoms with E-state index in [2.05, 4.69) is 18.8 Å². The van der Waals surface area contributed by atoms with Crippen LogP contribution in [-0.4, -0.2) is 17.4 Å². The molecule has 0 fully saturated rings. The molecule has 0 amide bonds. The van der Waals surface area contributed by atoms with E-state index < -0.39 is 0 Å². The summed E-state index contributed by atoms with van der Waals surface area (Å²) in [7, 11) is 0. The van der Waals surface area contributed by atoms with Crippen molar-refractivity contribution in [3.63, 3.8) is 0 Å². The van der Waals surface area contributed by atoms with Gasteiger partial charge in [-0.15, -0.1) is 11.3 Å². The average molecular weight is 241 g/mol. The van der Waals surface area contributed by atoms with Crippen LogP contribution in [0.3, 0.4) is 0 Å². The molecule has 0 aliphatic rings. The predicted molar refractivity (Wildman–Crippen MR) is 66.0 cm³/mol. The number of carbonyl (C=O) groups excluding carboxylic acids is 1. The van der Waals surface area contributed by atoms with Crippen molar-refractivity contribution in [1.82, 2.24) is 4.98 Å². The van der Waals surface area contributed by atoms with Gasteiger partial charge in [0.25, 0.3) is 0 Å². The van der Waals surface area contributed by atoms with E-state index in [1.165, 1.54) is 11.3 Å². The number of thiazole rings is 1. The Morgan fingerprint density at radius 3 is 2.44 bits per heavy atom. The van der Waals surface area contributed by atoms with Crippen molar-refractivity contribution in [3.05, 3.63) is 16.1 Å². The van der Waals surface area contributed by atoms with E-state index >= 15 is 0 Å². The molecule has 0 spiro atoms. The normalized spacial score (nSPS) is 11.8. The van der Waals surface area contributed by atoms with E-state index in [4.69, 9.17) is 4.74 Å². The third-order valence-corrected chi connectivity index (χ3v) is 3.85. The van der Waals surface area contributed by atoms with Gasteiger partial charge in [0.2, 0.25) is 0 Å². The van der Waals surface area contributed by atoms with Crippen LogP contribution in [0.4, 0.5) is 0 Å². The van der Waals surface area contributed by atoms with E-state index in [1.54, 1.807) is 6.92 Å². The molecule has 0 unspecified atom stereocenters. The van der Waals surface area contributed by atoms with Gasteiger partial charge in [-0.05, 0) is 19.8 Å². The highest BCUT2D eigenvalue weighted by Gasteiger charge is 2.32. The van der Waals surface area contributed by atoms with Gasteiger partial charge >= 0.3 is 0 Å². The molecule has 0 atom stereocenters. The number of aromatic nitrogens is 1. The first kappa shape index (κ1) is 13.3. The number of hydrogen-bond donors (Lipinski definition) is 0. The summed E-state index contributed by atoms with van der Waals surface area (Å²) in [6.07, 6.45) is 1.75. The molecule has 90 valence electrons. The largest absolute Gasteiger partial charge is 0.368 e. The number of hydrogen-bond acceptors (Lipinski definition) is 4. The van der Waals surface area contributed by atoms with Gasteiger partial charge in [-0.2, -0.15) is 0 Å². The van der Waals surface area contributed by atoms with Crippen molar-refractivity contribution in [2.75, 3.05) is 6.61 Å². The Kier molecular flexibility index (Phi) is 4.62. The lowest BCUT2D eigenvalue weighted by molar-refractivity contribution is -0.0506. The first-order valence-electron chi connectivity index (χ1n) is 5.70. The van der Waals surface area contributed by atoms with Gasteiger partial charge in [-0.1, -0.05) is 13.8 Å². The van der Waals surface area contributed by atoms with Gasteiger partial charge in [0, 0.05) is 18.9 Å². The summed E-state index contributed by atoms with van der Waals surface area (Å²) in [5, 5.41) is 2.74. The van der Waals surface area contributed by atoms with Crippen molar-refractivity contribution in [2.24, 2.45) is 0 Å². The second-order valence-corrected chi connectivity index (χ2v) is 4.59. The van der Waals surface area contributed by atoms with Crippen LogP contribution in [0.1, 0.15) is 56.0 Å². The average Bonchev–Trinajstić information content (AvgIpc) is 2.76. The zero-order valence-corrected chi connectivity index (χ0v) is 11.2. The maximum absolute atomic E-state index is 11.2. The zero-order valence-electron chi connectivity index (χ0n) is 10.4. The molecule has 0 saturated carbocycles. The second-order valence-electron chi connectivity index (χ2n) is 3.73. The number of ketones is 1. The molecule has 1 rings (SSSR count). The van der Waals surface area contributed by atoms with E-state index in [-0.39, 0.29) is 11.4 Å². The Bertz CT molecular complexity index is 356. The number of rotatable bonds is 6. The van der Waals surface area contributed by atoms with Crippen LogP contribution >= 0.6 is 11.3 Å². The minimum Gasteiger partial charge on any atom is -0.368 e. The van der Waals surface area contributed by atoms with Gasteiger partial charge in [-0.25, -0.2) is 4.98 Å². The monoisotopic (exact) mass is 241 g/mol. The number of nitrogens with zero attached hydrogens (tertiary/aromatic N) is 1. The highest BCUT2D eigenvalue weighted by atomic mass is 32.1. The molecule has 1 aromatic heterocycles. The van der Waals surface area contributed by atoms with Crippen molar-refractivity contribution in [1.29, 1.82) is 0 Å². The summed E-state index contributed by atoms with van der Waals surface area (Å²) in [6.45, 7) is 8.37. The maximum atomic E-state index is 11.2. The molecular formula is C12H19NO2S. The maximum Gasteiger partial charge on any atom is 0.178 e. The third kappa shape index (κ3) is 2.50. The second kappa shape index (κ2) is 5.55. The smallest absolute Gasteiger partial charge is 0.178 e. The zero-order chi connectivity index (χ0) is 12.2. The molecule has 0 aliphatic heterocycles. The highest BCUT2D eigenvalue weighted by molar-refractivity contribution is 7.10. The number of ether oxygens (including phenoxy) is 1. The van der Waals surface area contributed by atoms with E-state index in [9.17, 15) is 4.79 Å². The molecule has 1 aromatic rings. The topological polar surface area (TPSA) is 39.2 Å². The lowest BCUT2D eigenvalue weighted by Crippen LogP contribution is -2.28. The summed E-state index contributed by atoms with van der Waals surface area (Å²) in [4.78, 5) is 15.6. The standard InChI is InChI=1S/C12H19NO2S/c1-5-12(6-2,15-7-3)11-13-10(8-16-11)9(4)14/h8H,5-7H2,1-4H3. The first-order valence-corrected chi connectivity index (χ1v) is 6.58. The molecule has 0 radical (unpaired) electrons. The molecular weight excluding hydrogens is 222 g/mol.